The highest BCUT2D eigenvalue weighted by molar-refractivity contribution is 6.13. The number of benzene rings is 9. The fraction of sp³-hybridized carbons (Fsp3) is 0. The Hall–Kier alpha value is -6.70. The maximum Gasteiger partial charge on any atom is 0.0467 e. The quantitative estimate of drug-likeness (QED) is 0.155. The van der Waals surface area contributed by atoms with Crippen LogP contribution in [0, 0.1) is 0 Å². The second kappa shape index (κ2) is 13.3. The summed E-state index contributed by atoms with van der Waals surface area (Å²) in [4.78, 5) is 2.38. The van der Waals surface area contributed by atoms with Crippen LogP contribution in [0.3, 0.4) is 0 Å². The lowest BCUT2D eigenvalue weighted by atomic mass is 9.93. The summed E-state index contributed by atoms with van der Waals surface area (Å²) in [6.45, 7) is 0. The van der Waals surface area contributed by atoms with Crippen molar-refractivity contribution in [1.29, 1.82) is 0 Å². The van der Waals surface area contributed by atoms with Crippen LogP contribution in [-0.4, -0.2) is 0 Å². The second-order valence-corrected chi connectivity index (χ2v) is 13.0. The molecule has 9 aromatic carbocycles. The lowest BCUT2D eigenvalue weighted by molar-refractivity contribution is 1.28. The molecular weight excluding hydrogens is 615 g/mol. The highest BCUT2D eigenvalue weighted by atomic mass is 15.1. The SMILES string of the molecule is c1ccc(-c2ccc(-c3ccc(N(c4cccc(-c5ccccc5)c4)c4cccc(-c5cc6ccccc6c6ccccc56)c4)cc3)cc2)cc1. The van der Waals surface area contributed by atoms with Crippen LogP contribution >= 0.6 is 0 Å². The van der Waals surface area contributed by atoms with Gasteiger partial charge in [-0.05, 0) is 109 Å². The van der Waals surface area contributed by atoms with Crippen LogP contribution in [0.15, 0.2) is 212 Å². The molecule has 0 aliphatic carbocycles. The Labute approximate surface area is 299 Å². The maximum atomic E-state index is 2.38. The van der Waals surface area contributed by atoms with Gasteiger partial charge in [0.15, 0.2) is 0 Å². The lowest BCUT2D eigenvalue weighted by Crippen LogP contribution is -2.10. The largest absolute Gasteiger partial charge is 0.310 e. The number of fused-ring (bicyclic) bond motifs is 3. The minimum atomic E-state index is 1.10. The number of hydrogen-bond donors (Lipinski definition) is 0. The van der Waals surface area contributed by atoms with Crippen LogP contribution in [0.2, 0.25) is 0 Å². The first kappa shape index (κ1) is 30.4. The third kappa shape index (κ3) is 5.96. The fourth-order valence-electron chi connectivity index (χ4n) is 7.30. The second-order valence-electron chi connectivity index (χ2n) is 13.0. The molecule has 0 N–H and O–H groups in total. The van der Waals surface area contributed by atoms with Crippen LogP contribution in [0.4, 0.5) is 17.1 Å². The molecule has 0 aliphatic rings. The van der Waals surface area contributed by atoms with Gasteiger partial charge in [-0.3, -0.25) is 0 Å². The first-order valence-corrected chi connectivity index (χ1v) is 17.5. The Kier molecular flexibility index (Phi) is 7.92. The summed E-state index contributed by atoms with van der Waals surface area (Å²) in [7, 11) is 0. The van der Waals surface area contributed by atoms with Crippen molar-refractivity contribution in [2.24, 2.45) is 0 Å². The van der Waals surface area contributed by atoms with Crippen molar-refractivity contribution in [3.8, 4) is 44.5 Å². The zero-order chi connectivity index (χ0) is 34.0. The Bertz CT molecular complexity index is 2600. The van der Waals surface area contributed by atoms with E-state index in [4.69, 9.17) is 0 Å². The van der Waals surface area contributed by atoms with Gasteiger partial charge in [-0.1, -0.05) is 170 Å². The predicted molar refractivity (Wildman–Crippen MR) is 218 cm³/mol. The van der Waals surface area contributed by atoms with E-state index in [1.165, 1.54) is 66.1 Å². The van der Waals surface area contributed by atoms with E-state index < -0.39 is 0 Å². The Morgan fingerprint density at radius 1 is 0.235 bits per heavy atom. The van der Waals surface area contributed by atoms with Crippen LogP contribution in [0.25, 0.3) is 66.1 Å². The van der Waals surface area contributed by atoms with E-state index >= 15 is 0 Å². The van der Waals surface area contributed by atoms with E-state index in [2.05, 4.69) is 217 Å². The van der Waals surface area contributed by atoms with Gasteiger partial charge in [0.1, 0.15) is 0 Å². The van der Waals surface area contributed by atoms with Gasteiger partial charge >= 0.3 is 0 Å². The van der Waals surface area contributed by atoms with Gasteiger partial charge < -0.3 is 4.90 Å². The fourth-order valence-corrected chi connectivity index (χ4v) is 7.30. The summed E-state index contributed by atoms with van der Waals surface area (Å²) in [6, 6.07) is 76.6. The molecule has 9 aromatic rings. The van der Waals surface area contributed by atoms with Gasteiger partial charge in [-0.25, -0.2) is 0 Å². The molecule has 0 radical (unpaired) electrons. The van der Waals surface area contributed by atoms with Gasteiger partial charge in [-0.2, -0.15) is 0 Å². The zero-order valence-corrected chi connectivity index (χ0v) is 28.2. The molecule has 51 heavy (non-hydrogen) atoms. The molecule has 0 saturated heterocycles. The number of rotatable bonds is 7. The summed E-state index contributed by atoms with van der Waals surface area (Å²) in [5, 5.41) is 5.06. The van der Waals surface area contributed by atoms with Gasteiger partial charge in [-0.15, -0.1) is 0 Å². The number of nitrogens with zero attached hydrogens (tertiary/aromatic N) is 1. The molecule has 0 bridgehead atoms. The molecule has 0 aliphatic heterocycles. The van der Waals surface area contributed by atoms with E-state index in [9.17, 15) is 0 Å². The molecule has 0 saturated carbocycles. The summed E-state index contributed by atoms with van der Waals surface area (Å²) in [5.41, 5.74) is 13.0. The monoisotopic (exact) mass is 649 g/mol. The molecule has 0 aromatic heterocycles. The summed E-state index contributed by atoms with van der Waals surface area (Å²) in [5.74, 6) is 0. The molecule has 0 heterocycles. The standard InChI is InChI=1S/C50H35N/c1-3-13-36(14-4-1)38-25-27-39(28-26-38)40-29-31-44(32-30-40)51(45-20-11-18-41(33-45)37-15-5-2-6-16-37)46-21-12-19-42(34-46)50-35-43-17-7-8-22-47(43)48-23-9-10-24-49(48)50/h1-35H. The van der Waals surface area contributed by atoms with Gasteiger partial charge in [0.05, 0.1) is 0 Å². The molecule has 0 spiro atoms. The van der Waals surface area contributed by atoms with Crippen molar-refractivity contribution in [2.75, 3.05) is 4.90 Å². The third-order valence-electron chi connectivity index (χ3n) is 9.85. The molecule has 0 fully saturated rings. The average Bonchev–Trinajstić information content (AvgIpc) is 3.22. The van der Waals surface area contributed by atoms with Gasteiger partial charge in [0.25, 0.3) is 0 Å². The molecular formula is C50H35N. The first-order chi connectivity index (χ1) is 25.3. The van der Waals surface area contributed by atoms with E-state index in [1.807, 2.05) is 0 Å². The summed E-state index contributed by atoms with van der Waals surface area (Å²) in [6.07, 6.45) is 0. The van der Waals surface area contributed by atoms with Crippen molar-refractivity contribution in [2.45, 2.75) is 0 Å². The summed E-state index contributed by atoms with van der Waals surface area (Å²) >= 11 is 0. The summed E-state index contributed by atoms with van der Waals surface area (Å²) < 4.78 is 0. The molecule has 1 nitrogen and oxygen atoms in total. The average molecular weight is 650 g/mol. The predicted octanol–water partition coefficient (Wildman–Crippen LogP) is 14.1. The van der Waals surface area contributed by atoms with E-state index in [1.54, 1.807) is 0 Å². The first-order valence-electron chi connectivity index (χ1n) is 17.5. The Balaban J connectivity index is 1.15. The van der Waals surface area contributed by atoms with Gasteiger partial charge in [0, 0.05) is 17.1 Å². The highest BCUT2D eigenvalue weighted by Crippen LogP contribution is 2.41. The van der Waals surface area contributed by atoms with E-state index in [-0.39, 0.29) is 0 Å². The topological polar surface area (TPSA) is 3.24 Å². The highest BCUT2D eigenvalue weighted by Gasteiger charge is 2.16. The molecule has 0 unspecified atom stereocenters. The molecule has 240 valence electrons. The van der Waals surface area contributed by atoms with Crippen LogP contribution < -0.4 is 4.90 Å². The van der Waals surface area contributed by atoms with Gasteiger partial charge in [0.2, 0.25) is 0 Å². The zero-order valence-electron chi connectivity index (χ0n) is 28.2. The van der Waals surface area contributed by atoms with Crippen molar-refractivity contribution in [3.63, 3.8) is 0 Å². The normalized spacial score (nSPS) is 11.1. The van der Waals surface area contributed by atoms with Crippen molar-refractivity contribution in [1.82, 2.24) is 0 Å². The van der Waals surface area contributed by atoms with Crippen molar-refractivity contribution < 1.29 is 0 Å². The van der Waals surface area contributed by atoms with Crippen LogP contribution in [0.1, 0.15) is 0 Å². The van der Waals surface area contributed by atoms with Crippen LogP contribution in [-0.2, 0) is 0 Å². The maximum absolute atomic E-state index is 2.38. The van der Waals surface area contributed by atoms with E-state index in [0.717, 1.165) is 17.1 Å². The third-order valence-corrected chi connectivity index (χ3v) is 9.85. The van der Waals surface area contributed by atoms with Crippen LogP contribution in [0.5, 0.6) is 0 Å². The van der Waals surface area contributed by atoms with E-state index in [0.29, 0.717) is 0 Å². The lowest BCUT2D eigenvalue weighted by Gasteiger charge is -2.27. The Morgan fingerprint density at radius 3 is 1.29 bits per heavy atom. The smallest absolute Gasteiger partial charge is 0.0467 e. The van der Waals surface area contributed by atoms with Crippen molar-refractivity contribution in [3.05, 3.63) is 212 Å². The molecule has 0 amide bonds. The molecule has 9 rings (SSSR count). The number of anilines is 3. The molecule has 0 atom stereocenters. The Morgan fingerprint density at radius 2 is 0.667 bits per heavy atom. The number of hydrogen-bond acceptors (Lipinski definition) is 1. The minimum absolute atomic E-state index is 1.10. The van der Waals surface area contributed by atoms with Crippen molar-refractivity contribution >= 4 is 38.6 Å². The minimum Gasteiger partial charge on any atom is -0.310 e. The molecule has 1 heteroatoms.